The molecular weight excluding hydrogens is 310 g/mol. The van der Waals surface area contributed by atoms with E-state index in [2.05, 4.69) is 44.8 Å². The molecule has 0 aliphatic rings. The van der Waals surface area contributed by atoms with Crippen LogP contribution >= 0.6 is 0 Å². The van der Waals surface area contributed by atoms with Gasteiger partial charge in [0.05, 0.1) is 0 Å². The average Bonchev–Trinajstić information content (AvgIpc) is 2.54. The first-order chi connectivity index (χ1) is 11.9. The Morgan fingerprint density at radius 1 is 1.08 bits per heavy atom. The summed E-state index contributed by atoms with van der Waals surface area (Å²) in [7, 11) is 0. The third kappa shape index (κ3) is 12.4. The van der Waals surface area contributed by atoms with E-state index in [1.54, 1.807) is 0 Å². The first kappa shape index (κ1) is 24.4. The fourth-order valence-corrected chi connectivity index (χ4v) is 3.41. The van der Waals surface area contributed by atoms with Crippen molar-refractivity contribution in [3.05, 3.63) is 0 Å². The zero-order valence-corrected chi connectivity index (χ0v) is 17.7. The number of carbonyl (C=O) groups excluding carboxylic acids is 1. The van der Waals surface area contributed by atoms with Crippen LogP contribution < -0.4 is 11.1 Å². The maximum atomic E-state index is 12.0. The van der Waals surface area contributed by atoms with Crippen molar-refractivity contribution in [1.82, 2.24) is 10.2 Å². The standard InChI is InChI=1S/C21H45N3O/c1-6-8-17-24(21(4,5)14-15-22)18-16-23-20(25)13-10-9-12-19(3)11-7-2/h19H,6-18,22H2,1-5H3,(H,23,25). The molecule has 0 aromatic rings. The van der Waals surface area contributed by atoms with E-state index < -0.39 is 0 Å². The molecule has 1 amide bonds. The lowest BCUT2D eigenvalue weighted by atomic mass is 9.97. The summed E-state index contributed by atoms with van der Waals surface area (Å²) < 4.78 is 0. The van der Waals surface area contributed by atoms with Crippen LogP contribution in [-0.4, -0.2) is 42.5 Å². The molecule has 0 aliphatic carbocycles. The van der Waals surface area contributed by atoms with Crippen molar-refractivity contribution >= 4 is 5.91 Å². The van der Waals surface area contributed by atoms with E-state index in [1.165, 1.54) is 38.5 Å². The molecule has 4 heteroatoms. The normalized spacial score (nSPS) is 13.2. The molecule has 3 N–H and O–H groups in total. The number of nitrogens with one attached hydrogen (secondary N) is 1. The predicted molar refractivity (Wildman–Crippen MR) is 110 cm³/mol. The van der Waals surface area contributed by atoms with E-state index >= 15 is 0 Å². The van der Waals surface area contributed by atoms with Crippen LogP contribution in [0.2, 0.25) is 0 Å². The van der Waals surface area contributed by atoms with Gasteiger partial charge in [0.1, 0.15) is 0 Å². The lowest BCUT2D eigenvalue weighted by Gasteiger charge is -2.38. The number of rotatable bonds is 16. The Morgan fingerprint density at radius 2 is 1.80 bits per heavy atom. The van der Waals surface area contributed by atoms with Gasteiger partial charge in [0.2, 0.25) is 5.91 Å². The molecule has 150 valence electrons. The van der Waals surface area contributed by atoms with Crippen LogP contribution in [0.15, 0.2) is 0 Å². The Labute approximate surface area is 157 Å². The van der Waals surface area contributed by atoms with Gasteiger partial charge in [-0.25, -0.2) is 0 Å². The zero-order valence-electron chi connectivity index (χ0n) is 17.7. The molecule has 0 fully saturated rings. The Morgan fingerprint density at radius 3 is 2.40 bits per heavy atom. The van der Waals surface area contributed by atoms with Gasteiger partial charge in [-0.1, -0.05) is 52.9 Å². The second kappa shape index (κ2) is 14.5. The van der Waals surface area contributed by atoms with Crippen molar-refractivity contribution in [2.24, 2.45) is 11.7 Å². The minimum absolute atomic E-state index is 0.101. The van der Waals surface area contributed by atoms with Gasteiger partial charge in [0, 0.05) is 25.0 Å². The van der Waals surface area contributed by atoms with Gasteiger partial charge in [-0.05, 0) is 52.1 Å². The molecule has 0 heterocycles. The maximum absolute atomic E-state index is 12.0. The van der Waals surface area contributed by atoms with Crippen molar-refractivity contribution < 1.29 is 4.79 Å². The minimum atomic E-state index is 0.101. The summed E-state index contributed by atoms with van der Waals surface area (Å²) in [5.41, 5.74) is 5.87. The van der Waals surface area contributed by atoms with Crippen LogP contribution in [-0.2, 0) is 4.79 Å². The topological polar surface area (TPSA) is 58.4 Å². The quantitative estimate of drug-likeness (QED) is 0.405. The van der Waals surface area contributed by atoms with E-state index in [1.807, 2.05) is 0 Å². The van der Waals surface area contributed by atoms with Gasteiger partial charge in [-0.2, -0.15) is 0 Å². The molecule has 0 aromatic heterocycles. The highest BCUT2D eigenvalue weighted by molar-refractivity contribution is 5.75. The van der Waals surface area contributed by atoms with Gasteiger partial charge in [0.15, 0.2) is 0 Å². The molecular formula is C21H45N3O. The molecule has 0 radical (unpaired) electrons. The molecule has 0 aliphatic heterocycles. The summed E-state index contributed by atoms with van der Waals surface area (Å²) in [6.45, 7) is 14.7. The number of hydrogen-bond donors (Lipinski definition) is 2. The largest absolute Gasteiger partial charge is 0.355 e. The Balaban J connectivity index is 4.03. The van der Waals surface area contributed by atoms with E-state index in [-0.39, 0.29) is 11.4 Å². The van der Waals surface area contributed by atoms with Crippen molar-refractivity contribution in [2.75, 3.05) is 26.2 Å². The van der Waals surface area contributed by atoms with Crippen LogP contribution in [0.3, 0.4) is 0 Å². The lowest BCUT2D eigenvalue weighted by molar-refractivity contribution is -0.121. The highest BCUT2D eigenvalue weighted by atomic mass is 16.1. The minimum Gasteiger partial charge on any atom is -0.355 e. The van der Waals surface area contributed by atoms with E-state index in [0.717, 1.165) is 38.4 Å². The highest BCUT2D eigenvalue weighted by Crippen LogP contribution is 2.18. The molecule has 0 rings (SSSR count). The van der Waals surface area contributed by atoms with Gasteiger partial charge in [-0.3, -0.25) is 9.69 Å². The number of nitrogens with two attached hydrogens (primary N) is 1. The first-order valence-corrected chi connectivity index (χ1v) is 10.6. The van der Waals surface area contributed by atoms with Crippen molar-refractivity contribution in [1.29, 1.82) is 0 Å². The maximum Gasteiger partial charge on any atom is 0.220 e. The fraction of sp³-hybridized carbons (Fsp3) is 0.952. The number of unbranched alkanes of at least 4 members (excludes halogenated alkanes) is 2. The summed E-state index contributed by atoms with van der Waals surface area (Å²) in [4.78, 5) is 14.5. The summed E-state index contributed by atoms with van der Waals surface area (Å²) in [6.07, 6.45) is 10.0. The van der Waals surface area contributed by atoms with Crippen molar-refractivity contribution in [2.45, 2.75) is 97.9 Å². The first-order valence-electron chi connectivity index (χ1n) is 10.6. The Bertz CT molecular complexity index is 331. The molecule has 25 heavy (non-hydrogen) atoms. The van der Waals surface area contributed by atoms with Gasteiger partial charge in [0.25, 0.3) is 0 Å². The summed E-state index contributed by atoms with van der Waals surface area (Å²) >= 11 is 0. The molecule has 0 saturated carbocycles. The number of nitrogens with zero attached hydrogens (tertiary/aromatic N) is 1. The number of amides is 1. The van der Waals surface area contributed by atoms with E-state index in [4.69, 9.17) is 5.73 Å². The second-order valence-electron chi connectivity index (χ2n) is 8.18. The third-order valence-corrected chi connectivity index (χ3v) is 5.23. The van der Waals surface area contributed by atoms with Crippen LogP contribution in [0, 0.1) is 5.92 Å². The van der Waals surface area contributed by atoms with Crippen molar-refractivity contribution in [3.8, 4) is 0 Å². The SMILES string of the molecule is CCCCN(CCNC(=O)CCCCC(C)CCC)C(C)(C)CCN. The summed E-state index contributed by atoms with van der Waals surface area (Å²) in [6, 6.07) is 0. The molecule has 1 atom stereocenters. The highest BCUT2D eigenvalue weighted by Gasteiger charge is 2.25. The van der Waals surface area contributed by atoms with Gasteiger partial charge >= 0.3 is 0 Å². The molecule has 1 unspecified atom stereocenters. The smallest absolute Gasteiger partial charge is 0.220 e. The Kier molecular flexibility index (Phi) is 14.2. The molecule has 0 saturated heterocycles. The Hall–Kier alpha value is -0.610. The van der Waals surface area contributed by atoms with Gasteiger partial charge < -0.3 is 11.1 Å². The number of hydrogen-bond acceptors (Lipinski definition) is 3. The van der Waals surface area contributed by atoms with E-state index in [9.17, 15) is 4.79 Å². The lowest BCUT2D eigenvalue weighted by Crippen LogP contribution is -2.48. The van der Waals surface area contributed by atoms with Crippen LogP contribution in [0.1, 0.15) is 92.4 Å². The summed E-state index contributed by atoms with van der Waals surface area (Å²) in [5.74, 6) is 1.00. The number of carbonyl (C=O) groups is 1. The average molecular weight is 356 g/mol. The molecule has 0 bridgehead atoms. The molecule has 4 nitrogen and oxygen atoms in total. The zero-order chi connectivity index (χ0) is 19.1. The van der Waals surface area contributed by atoms with Crippen LogP contribution in [0.5, 0.6) is 0 Å². The van der Waals surface area contributed by atoms with Crippen molar-refractivity contribution in [3.63, 3.8) is 0 Å². The monoisotopic (exact) mass is 355 g/mol. The third-order valence-electron chi connectivity index (χ3n) is 5.23. The van der Waals surface area contributed by atoms with Crippen LogP contribution in [0.25, 0.3) is 0 Å². The predicted octanol–water partition coefficient (Wildman–Crippen LogP) is 4.33. The molecule has 0 aromatic carbocycles. The fourth-order valence-electron chi connectivity index (χ4n) is 3.41. The second-order valence-corrected chi connectivity index (χ2v) is 8.18. The summed E-state index contributed by atoms with van der Waals surface area (Å²) in [5, 5.41) is 3.11. The van der Waals surface area contributed by atoms with E-state index in [0.29, 0.717) is 13.0 Å². The van der Waals surface area contributed by atoms with Gasteiger partial charge in [-0.15, -0.1) is 0 Å². The van der Waals surface area contributed by atoms with Crippen LogP contribution in [0.4, 0.5) is 0 Å². The molecule has 0 spiro atoms.